The lowest BCUT2D eigenvalue weighted by Gasteiger charge is -2.30. The lowest BCUT2D eigenvalue weighted by molar-refractivity contribution is 0.0645. The normalized spacial score (nSPS) is 17.1. The third kappa shape index (κ3) is 5.46. The average Bonchev–Trinajstić information content (AvgIpc) is 3.50. The molecule has 11 nitrogen and oxygen atoms in total. The van der Waals surface area contributed by atoms with Crippen molar-refractivity contribution < 1.29 is 23.8 Å². The molecule has 1 atom stereocenters. The van der Waals surface area contributed by atoms with Crippen molar-refractivity contribution in [1.82, 2.24) is 24.6 Å². The van der Waals surface area contributed by atoms with Crippen molar-refractivity contribution in [3.8, 4) is 17.4 Å². The Kier molecular flexibility index (Phi) is 6.81. The van der Waals surface area contributed by atoms with E-state index in [0.717, 1.165) is 25.9 Å². The van der Waals surface area contributed by atoms with Crippen LogP contribution in [0.25, 0.3) is 0 Å². The first-order valence-electron chi connectivity index (χ1n) is 12.0. The first-order chi connectivity index (χ1) is 17.4. The van der Waals surface area contributed by atoms with Gasteiger partial charge in [-0.2, -0.15) is 5.10 Å². The zero-order chi connectivity index (χ0) is 25.1. The smallest absolute Gasteiger partial charge is 0.274 e. The number of carbonyl (C=O) groups excluding carboxylic acids is 2. The standard InChI is InChI=1S/C25H28N6O5/c1-16(2)31-8-4-22(29-31)28-24(32)17-10-19(35-18-5-9-34-15-18)12-20(11-17)36-23-14-26-21(13-27-23)25(33)30-6-3-7-30/h4,8,10-14,16,18H,3,5-7,9,15H2,1-2H3,(H,28,29,32). The van der Waals surface area contributed by atoms with Crippen LogP contribution in [0.5, 0.6) is 17.4 Å². The molecule has 0 spiro atoms. The summed E-state index contributed by atoms with van der Waals surface area (Å²) in [5.74, 6) is 0.953. The van der Waals surface area contributed by atoms with Gasteiger partial charge in [-0.05, 0) is 32.4 Å². The predicted molar refractivity (Wildman–Crippen MR) is 129 cm³/mol. The zero-order valence-electron chi connectivity index (χ0n) is 20.2. The number of carbonyl (C=O) groups is 2. The number of rotatable bonds is 8. The van der Waals surface area contributed by atoms with Crippen LogP contribution in [0.2, 0.25) is 0 Å². The molecule has 0 aliphatic carbocycles. The fourth-order valence-corrected chi connectivity index (χ4v) is 3.79. The summed E-state index contributed by atoms with van der Waals surface area (Å²) >= 11 is 0. The first kappa shape index (κ1) is 23.7. The summed E-state index contributed by atoms with van der Waals surface area (Å²) in [5, 5.41) is 7.18. The first-order valence-corrected chi connectivity index (χ1v) is 12.0. The second-order valence-corrected chi connectivity index (χ2v) is 9.01. The molecule has 1 N–H and O–H groups in total. The van der Waals surface area contributed by atoms with Gasteiger partial charge in [-0.25, -0.2) is 9.97 Å². The Bertz CT molecular complexity index is 1230. The molecule has 36 heavy (non-hydrogen) atoms. The van der Waals surface area contributed by atoms with E-state index >= 15 is 0 Å². The third-order valence-electron chi connectivity index (χ3n) is 5.92. The van der Waals surface area contributed by atoms with E-state index in [1.807, 2.05) is 20.0 Å². The average molecular weight is 493 g/mol. The highest BCUT2D eigenvalue weighted by molar-refractivity contribution is 6.04. The van der Waals surface area contributed by atoms with E-state index in [-0.39, 0.29) is 35.5 Å². The van der Waals surface area contributed by atoms with Crippen molar-refractivity contribution in [3.05, 3.63) is 54.1 Å². The quantitative estimate of drug-likeness (QED) is 0.508. The van der Waals surface area contributed by atoms with Crippen LogP contribution in [0.4, 0.5) is 5.82 Å². The van der Waals surface area contributed by atoms with E-state index < -0.39 is 0 Å². The molecule has 2 fully saturated rings. The van der Waals surface area contributed by atoms with Gasteiger partial charge in [-0.15, -0.1) is 0 Å². The second-order valence-electron chi connectivity index (χ2n) is 9.01. The summed E-state index contributed by atoms with van der Waals surface area (Å²) in [5.41, 5.74) is 0.597. The number of nitrogens with zero attached hydrogens (tertiary/aromatic N) is 5. The molecule has 4 heterocycles. The van der Waals surface area contributed by atoms with Crippen molar-refractivity contribution in [2.45, 2.75) is 38.8 Å². The molecule has 2 aliphatic heterocycles. The Morgan fingerprint density at radius 3 is 2.61 bits per heavy atom. The number of hydrogen-bond acceptors (Lipinski definition) is 8. The van der Waals surface area contributed by atoms with Crippen LogP contribution in [0.3, 0.4) is 0 Å². The van der Waals surface area contributed by atoms with Gasteiger partial charge in [-0.3, -0.25) is 14.3 Å². The number of nitrogens with one attached hydrogen (secondary N) is 1. The van der Waals surface area contributed by atoms with E-state index in [9.17, 15) is 9.59 Å². The van der Waals surface area contributed by atoms with Crippen molar-refractivity contribution in [2.75, 3.05) is 31.6 Å². The van der Waals surface area contributed by atoms with E-state index in [0.29, 0.717) is 36.1 Å². The van der Waals surface area contributed by atoms with Crippen LogP contribution in [0.15, 0.2) is 42.9 Å². The maximum Gasteiger partial charge on any atom is 0.274 e. The molecule has 3 aromatic rings. The topological polar surface area (TPSA) is 121 Å². The minimum absolute atomic E-state index is 0.107. The minimum Gasteiger partial charge on any atom is -0.488 e. The number of anilines is 1. The van der Waals surface area contributed by atoms with E-state index in [1.165, 1.54) is 12.4 Å². The zero-order valence-corrected chi connectivity index (χ0v) is 20.2. The lowest BCUT2D eigenvalue weighted by atomic mass is 10.2. The van der Waals surface area contributed by atoms with Gasteiger partial charge in [0.05, 0.1) is 25.6 Å². The Morgan fingerprint density at radius 2 is 1.97 bits per heavy atom. The highest BCUT2D eigenvalue weighted by Crippen LogP contribution is 2.29. The van der Waals surface area contributed by atoms with Gasteiger partial charge in [0.15, 0.2) is 5.82 Å². The molecule has 188 valence electrons. The summed E-state index contributed by atoms with van der Waals surface area (Å²) in [7, 11) is 0. The van der Waals surface area contributed by atoms with Crippen LogP contribution in [-0.4, -0.2) is 68.9 Å². The molecule has 1 aromatic carbocycles. The van der Waals surface area contributed by atoms with Crippen LogP contribution < -0.4 is 14.8 Å². The van der Waals surface area contributed by atoms with Gasteiger partial charge in [0.25, 0.3) is 11.8 Å². The SMILES string of the molecule is CC(C)n1ccc(NC(=O)c2cc(Oc3cnc(C(=O)N4CCC4)cn3)cc(OC3CCOC3)c2)n1. The maximum absolute atomic E-state index is 13.0. The van der Waals surface area contributed by atoms with Crippen molar-refractivity contribution in [2.24, 2.45) is 0 Å². The number of hydrogen-bond donors (Lipinski definition) is 1. The molecular formula is C25H28N6O5. The summed E-state index contributed by atoms with van der Waals surface area (Å²) in [6.45, 7) is 6.60. The Balaban J connectivity index is 1.35. The van der Waals surface area contributed by atoms with Crippen LogP contribution in [0.1, 0.15) is 53.6 Å². The highest BCUT2D eigenvalue weighted by atomic mass is 16.5. The van der Waals surface area contributed by atoms with Gasteiger partial charge >= 0.3 is 0 Å². The Labute approximate surface area is 208 Å². The van der Waals surface area contributed by atoms with Crippen molar-refractivity contribution in [1.29, 1.82) is 0 Å². The van der Waals surface area contributed by atoms with Crippen molar-refractivity contribution in [3.63, 3.8) is 0 Å². The molecule has 0 saturated carbocycles. The minimum atomic E-state index is -0.358. The lowest BCUT2D eigenvalue weighted by Crippen LogP contribution is -2.42. The van der Waals surface area contributed by atoms with Crippen LogP contribution in [0, 0.1) is 0 Å². The number of likely N-dealkylation sites (tertiary alicyclic amines) is 1. The maximum atomic E-state index is 13.0. The fraction of sp³-hybridized carbons (Fsp3) is 0.400. The van der Waals surface area contributed by atoms with Crippen LogP contribution in [-0.2, 0) is 4.74 Å². The summed E-state index contributed by atoms with van der Waals surface area (Å²) in [4.78, 5) is 35.5. The molecule has 1 unspecified atom stereocenters. The molecular weight excluding hydrogens is 464 g/mol. The number of benzene rings is 1. The van der Waals surface area contributed by atoms with E-state index in [2.05, 4.69) is 20.4 Å². The van der Waals surface area contributed by atoms with Gasteiger partial charge in [0.2, 0.25) is 5.88 Å². The Hall–Kier alpha value is -3.99. The predicted octanol–water partition coefficient (Wildman–Crippen LogP) is 3.31. The molecule has 2 saturated heterocycles. The van der Waals surface area contributed by atoms with Crippen LogP contribution >= 0.6 is 0 Å². The molecule has 0 radical (unpaired) electrons. The van der Waals surface area contributed by atoms with Crippen molar-refractivity contribution >= 4 is 17.6 Å². The number of ether oxygens (including phenoxy) is 3. The molecule has 11 heteroatoms. The van der Waals surface area contributed by atoms with Gasteiger partial charge < -0.3 is 24.4 Å². The summed E-state index contributed by atoms with van der Waals surface area (Å²) < 4.78 is 19.1. The molecule has 2 amide bonds. The third-order valence-corrected chi connectivity index (χ3v) is 5.92. The van der Waals surface area contributed by atoms with E-state index in [1.54, 1.807) is 33.8 Å². The second kappa shape index (κ2) is 10.3. The molecule has 5 rings (SSSR count). The fourth-order valence-electron chi connectivity index (χ4n) is 3.79. The molecule has 2 aliphatic rings. The molecule has 0 bridgehead atoms. The monoisotopic (exact) mass is 492 g/mol. The van der Waals surface area contributed by atoms with Gasteiger partial charge in [0, 0.05) is 49.4 Å². The number of amides is 2. The van der Waals surface area contributed by atoms with Gasteiger partial charge in [0.1, 0.15) is 23.3 Å². The largest absolute Gasteiger partial charge is 0.488 e. The summed E-state index contributed by atoms with van der Waals surface area (Å²) in [6.07, 6.45) is 6.25. The van der Waals surface area contributed by atoms with Gasteiger partial charge in [-0.1, -0.05) is 0 Å². The molecule has 2 aromatic heterocycles. The summed E-state index contributed by atoms with van der Waals surface area (Å²) in [6, 6.07) is 6.84. The number of aromatic nitrogens is 4. The Morgan fingerprint density at radius 1 is 1.14 bits per heavy atom. The van der Waals surface area contributed by atoms with E-state index in [4.69, 9.17) is 14.2 Å². The highest BCUT2D eigenvalue weighted by Gasteiger charge is 2.23.